The lowest BCUT2D eigenvalue weighted by Crippen LogP contribution is -1.95. The third-order valence-electron chi connectivity index (χ3n) is 2.93. The van der Waals surface area contributed by atoms with Crippen molar-refractivity contribution in [2.75, 3.05) is 5.73 Å². The van der Waals surface area contributed by atoms with Crippen molar-refractivity contribution in [3.05, 3.63) is 36.9 Å². The molecule has 0 spiro atoms. The SMILES string of the molecule is Nc1nccn2nc3cc4cnccc4nc3c12. The first-order valence-corrected chi connectivity index (χ1v) is 5.46. The molecule has 0 saturated carbocycles. The Morgan fingerprint density at radius 3 is 3.06 bits per heavy atom. The normalized spacial score (nSPS) is 11.6. The molecular formula is C12H8N6. The second kappa shape index (κ2) is 3.13. The molecule has 4 heterocycles. The number of aromatic nitrogens is 5. The Hall–Kier alpha value is -2.76. The number of anilines is 1. The van der Waals surface area contributed by atoms with Crippen LogP contribution in [0.15, 0.2) is 36.9 Å². The standard InChI is InChI=1S/C12H8N6/c13-12-11-10-9(17-18(11)4-3-15-12)5-7-6-14-2-1-8(7)16-10/h1-6H,(H2,13,15). The molecule has 6 heteroatoms. The molecule has 0 atom stereocenters. The van der Waals surface area contributed by atoms with Crippen molar-refractivity contribution in [2.24, 2.45) is 0 Å². The van der Waals surface area contributed by atoms with Crippen molar-refractivity contribution in [2.45, 2.75) is 0 Å². The van der Waals surface area contributed by atoms with E-state index in [1.807, 2.05) is 12.1 Å². The zero-order chi connectivity index (χ0) is 12.1. The summed E-state index contributed by atoms with van der Waals surface area (Å²) in [6, 6.07) is 3.82. The summed E-state index contributed by atoms with van der Waals surface area (Å²) in [5.74, 6) is 0.431. The minimum atomic E-state index is 0.431. The van der Waals surface area contributed by atoms with Gasteiger partial charge < -0.3 is 5.73 Å². The second-order valence-corrected chi connectivity index (χ2v) is 4.03. The van der Waals surface area contributed by atoms with Gasteiger partial charge in [-0.1, -0.05) is 0 Å². The summed E-state index contributed by atoms with van der Waals surface area (Å²) in [7, 11) is 0. The molecule has 0 bridgehead atoms. The highest BCUT2D eigenvalue weighted by molar-refractivity contribution is 6.01. The van der Waals surface area contributed by atoms with Gasteiger partial charge in [0.25, 0.3) is 0 Å². The van der Waals surface area contributed by atoms with E-state index in [1.54, 1.807) is 29.3 Å². The predicted octanol–water partition coefficient (Wildman–Crippen LogP) is 1.41. The van der Waals surface area contributed by atoms with Crippen LogP contribution in [-0.2, 0) is 0 Å². The molecule has 0 radical (unpaired) electrons. The molecule has 0 aliphatic heterocycles. The fourth-order valence-corrected chi connectivity index (χ4v) is 2.12. The van der Waals surface area contributed by atoms with Crippen LogP contribution in [0.3, 0.4) is 0 Å². The monoisotopic (exact) mass is 236 g/mol. The Balaban J connectivity index is 2.29. The minimum Gasteiger partial charge on any atom is -0.382 e. The van der Waals surface area contributed by atoms with E-state index < -0.39 is 0 Å². The lowest BCUT2D eigenvalue weighted by molar-refractivity contribution is 0.967. The summed E-state index contributed by atoms with van der Waals surface area (Å²) in [5, 5.41) is 5.39. The van der Waals surface area contributed by atoms with E-state index in [-0.39, 0.29) is 0 Å². The van der Waals surface area contributed by atoms with E-state index in [2.05, 4.69) is 20.1 Å². The molecule has 4 aromatic heterocycles. The number of nitrogen functional groups attached to an aromatic ring is 1. The van der Waals surface area contributed by atoms with E-state index in [9.17, 15) is 0 Å². The Morgan fingerprint density at radius 2 is 2.11 bits per heavy atom. The van der Waals surface area contributed by atoms with E-state index >= 15 is 0 Å². The molecule has 0 aliphatic rings. The van der Waals surface area contributed by atoms with Crippen LogP contribution in [0.25, 0.3) is 27.5 Å². The number of hydrogen-bond acceptors (Lipinski definition) is 5. The molecule has 0 aromatic carbocycles. The van der Waals surface area contributed by atoms with E-state index in [4.69, 9.17) is 5.73 Å². The van der Waals surface area contributed by atoms with Crippen molar-refractivity contribution in [3.63, 3.8) is 0 Å². The van der Waals surface area contributed by atoms with Crippen LogP contribution in [0.4, 0.5) is 5.82 Å². The number of rotatable bonds is 0. The molecule has 86 valence electrons. The third-order valence-corrected chi connectivity index (χ3v) is 2.93. The Bertz CT molecular complexity index is 895. The molecule has 18 heavy (non-hydrogen) atoms. The molecule has 2 N–H and O–H groups in total. The van der Waals surface area contributed by atoms with E-state index in [0.29, 0.717) is 5.82 Å². The van der Waals surface area contributed by atoms with Gasteiger partial charge in [0.2, 0.25) is 0 Å². The first-order chi connectivity index (χ1) is 8.83. The van der Waals surface area contributed by atoms with E-state index in [1.165, 1.54) is 0 Å². The van der Waals surface area contributed by atoms with Crippen LogP contribution in [0, 0.1) is 0 Å². The van der Waals surface area contributed by atoms with Crippen LogP contribution in [0.2, 0.25) is 0 Å². The quantitative estimate of drug-likeness (QED) is 0.499. The molecular weight excluding hydrogens is 228 g/mol. The van der Waals surface area contributed by atoms with Crippen LogP contribution in [-0.4, -0.2) is 24.6 Å². The summed E-state index contributed by atoms with van der Waals surface area (Å²) in [5.41, 5.74) is 9.05. The van der Waals surface area contributed by atoms with Crippen molar-refractivity contribution in [1.82, 2.24) is 24.6 Å². The maximum absolute atomic E-state index is 5.89. The van der Waals surface area contributed by atoms with Crippen LogP contribution in [0.1, 0.15) is 0 Å². The predicted molar refractivity (Wildman–Crippen MR) is 68.0 cm³/mol. The highest BCUT2D eigenvalue weighted by Gasteiger charge is 2.10. The van der Waals surface area contributed by atoms with Crippen LogP contribution < -0.4 is 5.73 Å². The zero-order valence-electron chi connectivity index (χ0n) is 9.28. The molecule has 0 fully saturated rings. The Labute approximate surface area is 101 Å². The maximum atomic E-state index is 5.89. The van der Waals surface area contributed by atoms with Gasteiger partial charge in [-0.25, -0.2) is 14.5 Å². The van der Waals surface area contributed by atoms with Crippen molar-refractivity contribution >= 4 is 33.3 Å². The van der Waals surface area contributed by atoms with Gasteiger partial charge in [0.1, 0.15) is 16.6 Å². The Kier molecular flexibility index (Phi) is 1.62. The number of fused-ring (bicyclic) bond motifs is 4. The molecule has 6 nitrogen and oxygen atoms in total. The highest BCUT2D eigenvalue weighted by Crippen LogP contribution is 2.24. The number of pyridine rings is 2. The summed E-state index contributed by atoms with van der Waals surface area (Å²) < 4.78 is 1.70. The number of hydrogen-bond donors (Lipinski definition) is 1. The fourth-order valence-electron chi connectivity index (χ4n) is 2.12. The van der Waals surface area contributed by atoms with Crippen LogP contribution >= 0.6 is 0 Å². The van der Waals surface area contributed by atoms with Gasteiger partial charge >= 0.3 is 0 Å². The summed E-state index contributed by atoms with van der Waals surface area (Å²) >= 11 is 0. The van der Waals surface area contributed by atoms with Crippen molar-refractivity contribution in [3.8, 4) is 0 Å². The number of nitrogens with two attached hydrogens (primary N) is 1. The molecule has 4 aromatic rings. The average Bonchev–Trinajstić information content (AvgIpc) is 2.74. The van der Waals surface area contributed by atoms with Gasteiger partial charge in [-0.05, 0) is 12.1 Å². The summed E-state index contributed by atoms with van der Waals surface area (Å²) in [6.07, 6.45) is 6.87. The van der Waals surface area contributed by atoms with Gasteiger partial charge in [-0.3, -0.25) is 4.98 Å². The van der Waals surface area contributed by atoms with Gasteiger partial charge in [0.15, 0.2) is 5.82 Å². The van der Waals surface area contributed by atoms with E-state index in [0.717, 1.165) is 27.5 Å². The van der Waals surface area contributed by atoms with Crippen LogP contribution in [0.5, 0.6) is 0 Å². The maximum Gasteiger partial charge on any atom is 0.151 e. The fraction of sp³-hybridized carbons (Fsp3) is 0. The second-order valence-electron chi connectivity index (χ2n) is 4.03. The number of nitrogens with zero attached hydrogens (tertiary/aromatic N) is 5. The zero-order valence-corrected chi connectivity index (χ0v) is 9.28. The smallest absolute Gasteiger partial charge is 0.151 e. The third kappa shape index (κ3) is 1.11. The van der Waals surface area contributed by atoms with Gasteiger partial charge in [-0.2, -0.15) is 5.10 Å². The van der Waals surface area contributed by atoms with Gasteiger partial charge in [-0.15, -0.1) is 0 Å². The van der Waals surface area contributed by atoms with Gasteiger partial charge in [0, 0.05) is 30.2 Å². The first-order valence-electron chi connectivity index (χ1n) is 5.46. The molecule has 0 unspecified atom stereocenters. The lowest BCUT2D eigenvalue weighted by atomic mass is 10.2. The first kappa shape index (κ1) is 9.29. The van der Waals surface area contributed by atoms with Gasteiger partial charge in [0.05, 0.1) is 5.52 Å². The minimum absolute atomic E-state index is 0.431. The van der Waals surface area contributed by atoms with Crippen molar-refractivity contribution < 1.29 is 0 Å². The lowest BCUT2D eigenvalue weighted by Gasteiger charge is -1.97. The largest absolute Gasteiger partial charge is 0.382 e. The van der Waals surface area contributed by atoms with Crippen molar-refractivity contribution in [1.29, 1.82) is 0 Å². The highest BCUT2D eigenvalue weighted by atomic mass is 15.2. The molecule has 4 rings (SSSR count). The molecule has 0 amide bonds. The topological polar surface area (TPSA) is 82.0 Å². The molecule has 0 saturated heterocycles. The molecule has 0 aliphatic carbocycles. The summed E-state index contributed by atoms with van der Waals surface area (Å²) in [4.78, 5) is 12.7. The Morgan fingerprint density at radius 1 is 1.17 bits per heavy atom. The average molecular weight is 236 g/mol. The summed E-state index contributed by atoms with van der Waals surface area (Å²) in [6.45, 7) is 0.